The second-order valence-corrected chi connectivity index (χ2v) is 27.9. The van der Waals surface area contributed by atoms with Gasteiger partial charge in [-0.25, -0.2) is 0 Å². The number of hydrogen-bond donors (Lipinski definition) is 1. The van der Waals surface area contributed by atoms with Crippen molar-refractivity contribution in [1.82, 2.24) is 5.32 Å². The maximum atomic E-state index is 13.6. The molecule has 0 aromatic carbocycles. The fraction of sp³-hybridized carbons (Fsp3) is 0.842. The van der Waals surface area contributed by atoms with Crippen LogP contribution in [0.5, 0.6) is 0 Å². The van der Waals surface area contributed by atoms with E-state index >= 15 is 0 Å². The number of carbonyl (C=O) groups is 2. The van der Waals surface area contributed by atoms with E-state index in [-0.39, 0.29) is 31.5 Å². The Morgan fingerprint density at radius 3 is 1.08 bits per heavy atom. The number of phosphoric ester groups is 1. The molecule has 86 heavy (non-hydrogen) atoms. The number of ether oxygens (including phenoxy) is 1. The number of carbonyl (C=O) groups excluding carboxylic acids is 2. The van der Waals surface area contributed by atoms with Crippen molar-refractivity contribution in [3.63, 3.8) is 0 Å². The lowest BCUT2D eigenvalue weighted by atomic mass is 10.0. The van der Waals surface area contributed by atoms with Crippen LogP contribution in [0.25, 0.3) is 0 Å². The first kappa shape index (κ1) is 83.7. The van der Waals surface area contributed by atoms with E-state index in [4.69, 9.17) is 13.8 Å². The molecule has 0 fully saturated rings. The minimum absolute atomic E-state index is 0.0236. The van der Waals surface area contributed by atoms with Crippen LogP contribution in [-0.2, 0) is 27.9 Å². The van der Waals surface area contributed by atoms with Gasteiger partial charge in [0.25, 0.3) is 7.82 Å². The highest BCUT2D eigenvalue weighted by Crippen LogP contribution is 2.38. The monoisotopic (exact) mass is 1230 g/mol. The van der Waals surface area contributed by atoms with E-state index < -0.39 is 20.0 Å². The Hall–Kier alpha value is -2.29. The second-order valence-electron chi connectivity index (χ2n) is 26.5. The van der Waals surface area contributed by atoms with Gasteiger partial charge in [0.15, 0.2) is 0 Å². The summed E-state index contributed by atoms with van der Waals surface area (Å²) in [5.41, 5.74) is 0. The molecule has 0 radical (unpaired) electrons. The van der Waals surface area contributed by atoms with Gasteiger partial charge in [-0.05, 0) is 76.7 Å². The lowest BCUT2D eigenvalue weighted by Crippen LogP contribution is -2.47. The molecule has 504 valence electrons. The Balaban J connectivity index is 5.03. The molecular formula is C76H143N2O7P. The zero-order valence-electron chi connectivity index (χ0n) is 57.8. The largest absolute Gasteiger partial charge is 0.756 e. The van der Waals surface area contributed by atoms with E-state index in [1.165, 1.54) is 238 Å². The van der Waals surface area contributed by atoms with Crippen LogP contribution in [0.15, 0.2) is 60.8 Å². The number of nitrogens with one attached hydrogen (secondary N) is 1. The van der Waals surface area contributed by atoms with Crippen LogP contribution >= 0.6 is 7.82 Å². The van der Waals surface area contributed by atoms with Gasteiger partial charge in [0.2, 0.25) is 5.91 Å². The summed E-state index contributed by atoms with van der Waals surface area (Å²) in [6.45, 7) is 6.86. The minimum atomic E-state index is -4.71. The number of hydrogen-bond acceptors (Lipinski definition) is 7. The van der Waals surface area contributed by atoms with Crippen molar-refractivity contribution in [2.45, 2.75) is 373 Å². The number of allylic oxidation sites excluding steroid dienone is 9. The van der Waals surface area contributed by atoms with Crippen molar-refractivity contribution in [1.29, 1.82) is 0 Å². The molecule has 1 amide bonds. The molecule has 0 aliphatic heterocycles. The van der Waals surface area contributed by atoms with Crippen LogP contribution in [-0.4, -0.2) is 69.4 Å². The first-order valence-corrected chi connectivity index (χ1v) is 38.6. The van der Waals surface area contributed by atoms with Gasteiger partial charge in [-0.15, -0.1) is 0 Å². The van der Waals surface area contributed by atoms with Crippen molar-refractivity contribution in [3.05, 3.63) is 60.8 Å². The first-order valence-electron chi connectivity index (χ1n) is 37.1. The predicted molar refractivity (Wildman–Crippen MR) is 372 cm³/mol. The highest BCUT2D eigenvalue weighted by Gasteiger charge is 2.27. The molecule has 0 bridgehead atoms. The standard InChI is InChI=1S/C76H143N2O7P/c1-7-10-13-16-19-22-25-28-30-32-34-36-38-39-41-42-44-46-48-50-53-56-59-62-65-68-75(79)77-73(72-84-86(81,82)83-71-70-78(4,5)6)74(67-64-61-58-55-52-27-24-21-18-15-12-9-3)85-76(80)69-66-63-60-57-54-51-49-47-45-43-40-37-35-33-31-29-26-23-20-17-14-11-8-2/h20,23,29,31,35,37,43,45,64,67,73-74H,7-19,21-22,24-28,30,32-34,36,38-42,44,46-63,65-66,68-72H2,1-6H3,(H-,77,79,81,82)/b23-20-,31-29-,37-35-,45-43-,67-64+. The molecule has 1 N–H and O–H groups in total. The van der Waals surface area contributed by atoms with Crippen molar-refractivity contribution < 1.29 is 37.3 Å². The maximum absolute atomic E-state index is 13.6. The molecule has 0 spiro atoms. The Bertz CT molecular complexity index is 1650. The topological polar surface area (TPSA) is 114 Å². The number of rotatable bonds is 68. The Morgan fingerprint density at radius 1 is 0.407 bits per heavy atom. The predicted octanol–water partition coefficient (Wildman–Crippen LogP) is 23.1. The van der Waals surface area contributed by atoms with Crippen molar-refractivity contribution in [2.24, 2.45) is 0 Å². The zero-order chi connectivity index (χ0) is 62.8. The smallest absolute Gasteiger partial charge is 0.306 e. The number of nitrogens with zero attached hydrogens (tertiary/aromatic N) is 1. The molecule has 0 heterocycles. The van der Waals surface area contributed by atoms with E-state index in [0.717, 1.165) is 89.9 Å². The van der Waals surface area contributed by atoms with Gasteiger partial charge in [0, 0.05) is 12.8 Å². The summed E-state index contributed by atoms with van der Waals surface area (Å²) in [5.74, 6) is -0.538. The minimum Gasteiger partial charge on any atom is -0.756 e. The second kappa shape index (κ2) is 65.7. The third-order valence-electron chi connectivity index (χ3n) is 16.7. The summed E-state index contributed by atoms with van der Waals surface area (Å²) < 4.78 is 30.5. The van der Waals surface area contributed by atoms with Gasteiger partial charge >= 0.3 is 5.97 Å². The summed E-state index contributed by atoms with van der Waals surface area (Å²) in [5, 5.41) is 3.05. The Kier molecular flexibility index (Phi) is 63.9. The van der Waals surface area contributed by atoms with Gasteiger partial charge in [0.1, 0.15) is 19.3 Å². The van der Waals surface area contributed by atoms with Gasteiger partial charge < -0.3 is 28.5 Å². The SMILES string of the molecule is CCCCC/C=C\C/C=C\C/C=C\C/C=C\CCCCCCCCCC(=O)OC(/C=C/CCCCCCCCCCCC)C(COP(=O)([O-])OCC[N+](C)(C)C)NC(=O)CCCCCCCCCCCCCCCCCCCCCCCCCCC. The molecule has 0 aromatic rings. The number of amides is 1. The van der Waals surface area contributed by atoms with Crippen molar-refractivity contribution in [3.8, 4) is 0 Å². The van der Waals surface area contributed by atoms with Crippen LogP contribution < -0.4 is 10.2 Å². The molecule has 0 saturated carbocycles. The third kappa shape index (κ3) is 66.1. The Labute approximate surface area is 534 Å². The average molecular weight is 1230 g/mol. The van der Waals surface area contributed by atoms with E-state index in [1.807, 2.05) is 33.3 Å². The molecule has 3 unspecified atom stereocenters. The fourth-order valence-electron chi connectivity index (χ4n) is 11.0. The van der Waals surface area contributed by atoms with Gasteiger partial charge in [-0.1, -0.05) is 332 Å². The van der Waals surface area contributed by atoms with Crippen LogP contribution in [0.3, 0.4) is 0 Å². The van der Waals surface area contributed by atoms with E-state index in [9.17, 15) is 19.0 Å². The van der Waals surface area contributed by atoms with Crippen LogP contribution in [0.4, 0.5) is 0 Å². The van der Waals surface area contributed by atoms with Crippen LogP contribution in [0.1, 0.15) is 361 Å². The van der Waals surface area contributed by atoms with Crippen LogP contribution in [0, 0.1) is 0 Å². The lowest BCUT2D eigenvalue weighted by Gasteiger charge is -2.30. The number of quaternary nitrogens is 1. The third-order valence-corrected chi connectivity index (χ3v) is 17.7. The highest BCUT2D eigenvalue weighted by atomic mass is 31.2. The lowest BCUT2D eigenvalue weighted by molar-refractivity contribution is -0.870. The van der Waals surface area contributed by atoms with Crippen LogP contribution in [0.2, 0.25) is 0 Å². The van der Waals surface area contributed by atoms with E-state index in [1.54, 1.807) is 0 Å². The molecule has 9 nitrogen and oxygen atoms in total. The van der Waals surface area contributed by atoms with Gasteiger partial charge in [-0.2, -0.15) is 0 Å². The van der Waals surface area contributed by atoms with Crippen molar-refractivity contribution in [2.75, 3.05) is 40.9 Å². The average Bonchev–Trinajstić information content (AvgIpc) is 3.69. The highest BCUT2D eigenvalue weighted by molar-refractivity contribution is 7.45. The molecule has 0 aliphatic rings. The summed E-state index contributed by atoms with van der Waals surface area (Å²) >= 11 is 0. The number of phosphoric acid groups is 1. The normalized spacial score (nSPS) is 13.8. The van der Waals surface area contributed by atoms with Gasteiger partial charge in [0.05, 0.1) is 33.8 Å². The quantitative estimate of drug-likeness (QED) is 0.0212. The molecule has 0 aromatic heterocycles. The summed E-state index contributed by atoms with van der Waals surface area (Å²) in [6, 6.07) is -0.893. The number of likely N-dealkylation sites (N-methyl/N-ethyl adjacent to an activating group) is 1. The molecule has 0 aliphatic carbocycles. The Morgan fingerprint density at radius 2 is 0.709 bits per heavy atom. The molecule has 0 saturated heterocycles. The maximum Gasteiger partial charge on any atom is 0.306 e. The molecule has 3 atom stereocenters. The summed E-state index contributed by atoms with van der Waals surface area (Å²) in [7, 11) is 1.19. The fourth-order valence-corrected chi connectivity index (χ4v) is 11.7. The number of unbranched alkanes of at least 4 members (excludes halogenated alkanes) is 44. The summed E-state index contributed by atoms with van der Waals surface area (Å²) in [4.78, 5) is 40.2. The zero-order valence-corrected chi connectivity index (χ0v) is 58.7. The number of esters is 1. The summed E-state index contributed by atoms with van der Waals surface area (Å²) in [6.07, 6.45) is 84.9. The van der Waals surface area contributed by atoms with E-state index in [2.05, 4.69) is 74.7 Å². The van der Waals surface area contributed by atoms with Gasteiger partial charge in [-0.3, -0.25) is 14.2 Å². The van der Waals surface area contributed by atoms with Crippen molar-refractivity contribution >= 4 is 19.7 Å². The van der Waals surface area contributed by atoms with E-state index in [0.29, 0.717) is 17.4 Å². The molecule has 10 heteroatoms. The molecular weight excluding hydrogens is 1080 g/mol. The molecule has 0 rings (SSSR count). The first-order chi connectivity index (χ1) is 41.9.